The molecule has 0 aliphatic carbocycles. The van der Waals surface area contributed by atoms with Crippen LogP contribution in [0.4, 0.5) is 17.6 Å². The predicted octanol–water partition coefficient (Wildman–Crippen LogP) is 6.95. The summed E-state index contributed by atoms with van der Waals surface area (Å²) in [6.45, 7) is -0.123. The molecule has 0 spiro atoms. The van der Waals surface area contributed by atoms with Crippen LogP contribution in [0.15, 0.2) is 93.8 Å². The Hall–Kier alpha value is -4.34. The zero-order valence-electron chi connectivity index (χ0n) is 23.1. The first-order chi connectivity index (χ1) is 21.7. The van der Waals surface area contributed by atoms with Crippen molar-refractivity contribution >= 4 is 52.0 Å². The van der Waals surface area contributed by atoms with Gasteiger partial charge in [0.2, 0.25) is 0 Å². The molecule has 0 radical (unpaired) electrons. The molecule has 230 valence electrons. The van der Waals surface area contributed by atoms with E-state index in [-0.39, 0.29) is 40.8 Å². The fourth-order valence-corrected chi connectivity index (χ4v) is 6.90. The van der Waals surface area contributed by atoms with Crippen molar-refractivity contribution in [3.63, 3.8) is 0 Å². The number of rotatable bonds is 9. The number of alkyl halides is 3. The summed E-state index contributed by atoms with van der Waals surface area (Å²) in [7, 11) is 0. The summed E-state index contributed by atoms with van der Waals surface area (Å²) in [5, 5.41) is 20.8. The van der Waals surface area contributed by atoms with Crippen molar-refractivity contribution in [2.24, 2.45) is 5.10 Å². The molecule has 0 unspecified atom stereocenters. The van der Waals surface area contributed by atoms with Crippen molar-refractivity contribution in [1.29, 1.82) is 0 Å². The van der Waals surface area contributed by atoms with Gasteiger partial charge in [-0.25, -0.2) is 9.40 Å². The summed E-state index contributed by atoms with van der Waals surface area (Å²) >= 11 is 3.71. The molecule has 0 saturated heterocycles. The van der Waals surface area contributed by atoms with E-state index in [4.69, 9.17) is 0 Å². The average molecular weight is 671 g/mol. The molecule has 3 aromatic heterocycles. The van der Waals surface area contributed by atoms with Crippen LogP contribution in [0.1, 0.15) is 44.0 Å². The Morgan fingerprint density at radius 2 is 1.76 bits per heavy atom. The van der Waals surface area contributed by atoms with E-state index in [0.29, 0.717) is 22.6 Å². The molecule has 0 bridgehead atoms. The number of benzene rings is 2. The molecular formula is C30H22F4N6O2S3. The zero-order chi connectivity index (χ0) is 31.6. The first kappa shape index (κ1) is 30.7. The Balaban J connectivity index is 1.27. The summed E-state index contributed by atoms with van der Waals surface area (Å²) < 4.78 is 55.8. The maximum Gasteiger partial charge on any atom is 0.416 e. The van der Waals surface area contributed by atoms with Gasteiger partial charge in [-0.3, -0.25) is 14.2 Å². The fourth-order valence-electron chi connectivity index (χ4n) is 4.71. The monoisotopic (exact) mass is 670 g/mol. The summed E-state index contributed by atoms with van der Waals surface area (Å²) in [6, 6.07) is 17.2. The average Bonchev–Trinajstić information content (AvgIpc) is 3.85. The Kier molecular flexibility index (Phi) is 8.83. The van der Waals surface area contributed by atoms with Crippen LogP contribution < -0.4 is 5.32 Å². The number of hydrogen-bond donors (Lipinski definition) is 1. The van der Waals surface area contributed by atoms with E-state index in [1.807, 2.05) is 17.5 Å². The maximum atomic E-state index is 13.7. The van der Waals surface area contributed by atoms with E-state index in [1.165, 1.54) is 56.5 Å². The van der Waals surface area contributed by atoms with Crippen molar-refractivity contribution < 1.29 is 27.2 Å². The lowest BCUT2D eigenvalue weighted by Gasteiger charge is -2.22. The van der Waals surface area contributed by atoms with Crippen molar-refractivity contribution in [3.05, 3.63) is 116 Å². The molecule has 15 heteroatoms. The van der Waals surface area contributed by atoms with E-state index in [2.05, 4.69) is 20.6 Å². The Bertz CT molecular complexity index is 1840. The second-order valence-electron chi connectivity index (χ2n) is 9.76. The van der Waals surface area contributed by atoms with Crippen molar-refractivity contribution in [2.75, 3.05) is 5.75 Å². The number of thioether (sulfide) groups is 1. The molecule has 45 heavy (non-hydrogen) atoms. The van der Waals surface area contributed by atoms with E-state index in [1.54, 1.807) is 29.6 Å². The largest absolute Gasteiger partial charge is 0.416 e. The van der Waals surface area contributed by atoms with Gasteiger partial charge in [-0.1, -0.05) is 42.1 Å². The number of hydrazone groups is 1. The second kappa shape index (κ2) is 12.9. The fraction of sp³-hybridized carbons (Fsp3) is 0.167. The number of carbonyl (C=O) groups excluding carboxylic acids is 2. The third-order valence-corrected chi connectivity index (χ3v) is 9.54. The summed E-state index contributed by atoms with van der Waals surface area (Å²) in [5.74, 6) is -1.14. The number of hydrogen-bond acceptors (Lipinski definition) is 8. The van der Waals surface area contributed by atoms with E-state index >= 15 is 0 Å². The minimum absolute atomic E-state index is 0.119. The molecule has 5 aromatic rings. The molecular weight excluding hydrogens is 649 g/mol. The third kappa shape index (κ3) is 6.84. The number of carbonyl (C=O) groups is 2. The van der Waals surface area contributed by atoms with E-state index < -0.39 is 23.6 Å². The van der Waals surface area contributed by atoms with Gasteiger partial charge < -0.3 is 5.32 Å². The molecule has 1 aliphatic rings. The second-order valence-corrected chi connectivity index (χ2v) is 12.6. The SMILES string of the molecule is O=C(NCc1nnc(SCC(=O)N2N=C(c3cccs3)C[C@H]2c2ccc(F)cc2)n1-c1cccc(C(F)(F)F)c1)c1cccs1. The van der Waals surface area contributed by atoms with Crippen LogP contribution in [0, 0.1) is 5.82 Å². The first-order valence-corrected chi connectivity index (χ1v) is 16.2. The van der Waals surface area contributed by atoms with E-state index in [9.17, 15) is 27.2 Å². The highest BCUT2D eigenvalue weighted by atomic mass is 32.2. The van der Waals surface area contributed by atoms with Gasteiger partial charge in [-0.15, -0.1) is 32.9 Å². The minimum atomic E-state index is -4.59. The number of thiophene rings is 2. The lowest BCUT2D eigenvalue weighted by atomic mass is 10.0. The summed E-state index contributed by atoms with van der Waals surface area (Å²) in [4.78, 5) is 27.6. The molecule has 4 heterocycles. The molecule has 8 nitrogen and oxygen atoms in total. The molecule has 6 rings (SSSR count). The maximum absolute atomic E-state index is 13.7. The van der Waals surface area contributed by atoms with Crippen molar-refractivity contribution in [2.45, 2.75) is 30.3 Å². The zero-order valence-corrected chi connectivity index (χ0v) is 25.5. The van der Waals surface area contributed by atoms with Gasteiger partial charge >= 0.3 is 6.18 Å². The number of nitrogens with one attached hydrogen (secondary N) is 1. The summed E-state index contributed by atoms with van der Waals surface area (Å²) in [6.07, 6.45) is -4.17. The lowest BCUT2D eigenvalue weighted by Crippen LogP contribution is -2.28. The standard InChI is InChI=1S/C30H22F4N6O2S3/c31-20-10-8-18(9-11-20)23-15-22(24-6-2-12-43-24)38-40(23)27(41)17-45-29-37-36-26(16-35-28(42)25-7-3-13-44-25)39(29)21-5-1-4-19(14-21)30(32,33)34/h1-14,23H,15-17H2,(H,35,42)/t23-/m0/s1. The van der Waals surface area contributed by atoms with Crippen LogP contribution in [-0.2, 0) is 17.5 Å². The van der Waals surface area contributed by atoms with Crippen LogP contribution in [0.2, 0.25) is 0 Å². The van der Waals surface area contributed by atoms with Crippen molar-refractivity contribution in [1.82, 2.24) is 25.1 Å². The molecule has 2 aromatic carbocycles. The molecule has 2 amide bonds. The minimum Gasteiger partial charge on any atom is -0.344 e. The molecule has 1 N–H and O–H groups in total. The van der Waals surface area contributed by atoms with Gasteiger partial charge in [-0.2, -0.15) is 18.3 Å². The van der Waals surface area contributed by atoms with Gasteiger partial charge in [0.05, 0.1) is 45.1 Å². The third-order valence-electron chi connectivity index (χ3n) is 6.84. The Morgan fingerprint density at radius 1 is 0.978 bits per heavy atom. The number of halogens is 4. The molecule has 0 fully saturated rings. The molecule has 0 saturated carbocycles. The van der Waals surface area contributed by atoms with Crippen LogP contribution in [0.5, 0.6) is 0 Å². The van der Waals surface area contributed by atoms with Gasteiger partial charge in [0.1, 0.15) is 5.82 Å². The Labute approximate surface area is 266 Å². The van der Waals surface area contributed by atoms with Crippen LogP contribution in [-0.4, -0.2) is 43.1 Å². The highest BCUT2D eigenvalue weighted by Crippen LogP contribution is 2.36. The topological polar surface area (TPSA) is 92.5 Å². The smallest absolute Gasteiger partial charge is 0.344 e. The first-order valence-electron chi connectivity index (χ1n) is 13.4. The highest BCUT2D eigenvalue weighted by molar-refractivity contribution is 7.99. The normalized spacial score (nSPS) is 14.9. The van der Waals surface area contributed by atoms with Gasteiger partial charge in [0, 0.05) is 6.42 Å². The van der Waals surface area contributed by atoms with Gasteiger partial charge in [0.25, 0.3) is 11.8 Å². The van der Waals surface area contributed by atoms with E-state index in [0.717, 1.165) is 28.8 Å². The Morgan fingerprint density at radius 3 is 2.47 bits per heavy atom. The van der Waals surface area contributed by atoms with Crippen LogP contribution >= 0.6 is 34.4 Å². The van der Waals surface area contributed by atoms with Crippen LogP contribution in [0.25, 0.3) is 5.69 Å². The lowest BCUT2D eigenvalue weighted by molar-refractivity contribution is -0.137. The van der Waals surface area contributed by atoms with Crippen molar-refractivity contribution in [3.8, 4) is 5.69 Å². The molecule has 1 atom stereocenters. The quantitative estimate of drug-likeness (QED) is 0.135. The number of amides is 2. The number of nitrogens with zero attached hydrogens (tertiary/aromatic N) is 5. The summed E-state index contributed by atoms with van der Waals surface area (Å²) in [5.41, 5.74) is 0.673. The predicted molar refractivity (Wildman–Crippen MR) is 164 cm³/mol. The van der Waals surface area contributed by atoms with Crippen LogP contribution in [0.3, 0.4) is 0 Å². The highest BCUT2D eigenvalue weighted by Gasteiger charge is 2.34. The van der Waals surface area contributed by atoms with Gasteiger partial charge in [0.15, 0.2) is 11.0 Å². The number of aromatic nitrogens is 3. The molecule has 1 aliphatic heterocycles. The van der Waals surface area contributed by atoms with Gasteiger partial charge in [-0.05, 0) is 58.8 Å².